The summed E-state index contributed by atoms with van der Waals surface area (Å²) >= 11 is 0. The lowest BCUT2D eigenvalue weighted by Crippen LogP contribution is -1.88. The molecule has 0 unspecified atom stereocenters. The van der Waals surface area contributed by atoms with Crippen molar-refractivity contribution in [2.75, 3.05) is 5.73 Å². The first-order valence-electron chi connectivity index (χ1n) is 3.51. The van der Waals surface area contributed by atoms with Crippen molar-refractivity contribution in [2.45, 2.75) is 13.8 Å². The molecule has 2 nitrogen and oxygen atoms in total. The second-order valence-corrected chi connectivity index (χ2v) is 1.61. The Hall–Kier alpha value is -1.49. The molecule has 0 saturated heterocycles. The molecule has 11 heavy (non-hydrogen) atoms. The zero-order valence-electron chi connectivity index (χ0n) is 6.83. The monoisotopic (exact) mass is 148 g/mol. The van der Waals surface area contributed by atoms with Gasteiger partial charge in [-0.15, -0.1) is 6.42 Å². The van der Waals surface area contributed by atoms with Crippen LogP contribution < -0.4 is 5.73 Å². The number of nitrogen functional groups attached to an aromatic ring is 1. The average molecular weight is 148 g/mol. The van der Waals surface area contributed by atoms with Crippen LogP contribution in [0.2, 0.25) is 0 Å². The number of hydrogen-bond donors (Lipinski definition) is 1. The zero-order valence-corrected chi connectivity index (χ0v) is 6.83. The maximum atomic E-state index is 5.33. The third kappa shape index (κ3) is 3.27. The van der Waals surface area contributed by atoms with Crippen molar-refractivity contribution in [3.63, 3.8) is 0 Å². The smallest absolute Gasteiger partial charge is 0.124 e. The number of aromatic nitrogens is 1. The summed E-state index contributed by atoms with van der Waals surface area (Å²) in [5.41, 5.74) is 6.09. The van der Waals surface area contributed by atoms with Crippen LogP contribution in [0, 0.1) is 12.3 Å². The molecule has 0 fully saturated rings. The molecular formula is C9H12N2. The number of anilines is 1. The molecule has 0 aliphatic carbocycles. The number of rotatable bonds is 0. The first kappa shape index (κ1) is 9.51. The molecule has 0 saturated carbocycles. The van der Waals surface area contributed by atoms with E-state index in [-0.39, 0.29) is 0 Å². The normalized spacial score (nSPS) is 7.36. The van der Waals surface area contributed by atoms with Gasteiger partial charge in [-0.2, -0.15) is 0 Å². The third-order valence-electron chi connectivity index (χ3n) is 0.948. The molecular weight excluding hydrogens is 136 g/mol. The Morgan fingerprint density at radius 3 is 2.55 bits per heavy atom. The SMILES string of the molecule is C#Cc1ccnc(N)c1.CC. The topological polar surface area (TPSA) is 38.9 Å². The molecule has 0 aliphatic rings. The molecule has 2 heteroatoms. The Labute approximate surface area is 67.5 Å². The number of pyridine rings is 1. The van der Waals surface area contributed by atoms with Gasteiger partial charge >= 0.3 is 0 Å². The minimum Gasteiger partial charge on any atom is -0.384 e. The van der Waals surface area contributed by atoms with Gasteiger partial charge in [-0.05, 0) is 12.1 Å². The van der Waals surface area contributed by atoms with Gasteiger partial charge in [0.05, 0.1) is 0 Å². The summed E-state index contributed by atoms with van der Waals surface area (Å²) in [4.78, 5) is 3.77. The zero-order chi connectivity index (χ0) is 8.69. The summed E-state index contributed by atoms with van der Waals surface area (Å²) in [6.45, 7) is 4.00. The average Bonchev–Trinajstić information content (AvgIpc) is 2.08. The summed E-state index contributed by atoms with van der Waals surface area (Å²) in [7, 11) is 0. The van der Waals surface area contributed by atoms with Crippen LogP contribution in [0.5, 0.6) is 0 Å². The first-order valence-corrected chi connectivity index (χ1v) is 3.51. The van der Waals surface area contributed by atoms with E-state index >= 15 is 0 Å². The quantitative estimate of drug-likeness (QED) is 0.568. The molecule has 0 spiro atoms. The Morgan fingerprint density at radius 1 is 1.55 bits per heavy atom. The van der Waals surface area contributed by atoms with Gasteiger partial charge in [-0.1, -0.05) is 19.8 Å². The van der Waals surface area contributed by atoms with Gasteiger partial charge in [-0.3, -0.25) is 0 Å². The molecule has 0 bridgehead atoms. The van der Waals surface area contributed by atoms with E-state index < -0.39 is 0 Å². The molecule has 0 atom stereocenters. The van der Waals surface area contributed by atoms with E-state index in [0.717, 1.165) is 5.56 Å². The van der Waals surface area contributed by atoms with E-state index in [4.69, 9.17) is 12.2 Å². The highest BCUT2D eigenvalue weighted by Crippen LogP contribution is 1.99. The molecule has 1 aromatic rings. The molecule has 0 aliphatic heterocycles. The van der Waals surface area contributed by atoms with Crippen molar-refractivity contribution in [1.82, 2.24) is 4.98 Å². The second-order valence-electron chi connectivity index (χ2n) is 1.61. The standard InChI is InChI=1S/C7H6N2.C2H6/c1-2-6-3-4-9-7(8)5-6;1-2/h1,3-5H,(H2,8,9);1-2H3. The molecule has 1 rings (SSSR count). The molecule has 0 aromatic carbocycles. The summed E-state index contributed by atoms with van der Waals surface area (Å²) < 4.78 is 0. The molecule has 1 aromatic heterocycles. The maximum absolute atomic E-state index is 5.33. The second kappa shape index (κ2) is 5.31. The van der Waals surface area contributed by atoms with E-state index in [1.54, 1.807) is 18.3 Å². The minimum atomic E-state index is 0.463. The van der Waals surface area contributed by atoms with Crippen molar-refractivity contribution in [1.29, 1.82) is 0 Å². The summed E-state index contributed by atoms with van der Waals surface area (Å²) in [6, 6.07) is 3.39. The van der Waals surface area contributed by atoms with Crippen LogP contribution in [-0.4, -0.2) is 4.98 Å². The van der Waals surface area contributed by atoms with E-state index in [1.165, 1.54) is 0 Å². The predicted molar refractivity (Wildman–Crippen MR) is 47.9 cm³/mol. The summed E-state index contributed by atoms with van der Waals surface area (Å²) in [6.07, 6.45) is 6.67. The third-order valence-corrected chi connectivity index (χ3v) is 0.948. The van der Waals surface area contributed by atoms with Crippen molar-refractivity contribution in [3.05, 3.63) is 23.9 Å². The Balaban J connectivity index is 0.000000461. The van der Waals surface area contributed by atoms with Crippen LogP contribution >= 0.6 is 0 Å². The highest BCUT2D eigenvalue weighted by Gasteiger charge is 1.85. The minimum absolute atomic E-state index is 0.463. The van der Waals surface area contributed by atoms with Crippen molar-refractivity contribution < 1.29 is 0 Å². The number of nitrogens with zero attached hydrogens (tertiary/aromatic N) is 1. The van der Waals surface area contributed by atoms with Crippen LogP contribution in [0.4, 0.5) is 5.82 Å². The molecule has 1 heterocycles. The van der Waals surface area contributed by atoms with Gasteiger partial charge in [0.15, 0.2) is 0 Å². The lowest BCUT2D eigenvalue weighted by molar-refractivity contribution is 1.33. The van der Waals surface area contributed by atoms with Crippen LogP contribution in [0.15, 0.2) is 18.3 Å². The highest BCUT2D eigenvalue weighted by atomic mass is 14.8. The van der Waals surface area contributed by atoms with Crippen LogP contribution in [-0.2, 0) is 0 Å². The Kier molecular flexibility index (Phi) is 4.59. The van der Waals surface area contributed by atoms with Crippen LogP contribution in [0.3, 0.4) is 0 Å². The lowest BCUT2D eigenvalue weighted by atomic mass is 10.3. The highest BCUT2D eigenvalue weighted by molar-refractivity contribution is 5.39. The largest absolute Gasteiger partial charge is 0.384 e. The van der Waals surface area contributed by atoms with E-state index in [9.17, 15) is 0 Å². The van der Waals surface area contributed by atoms with Crippen LogP contribution in [0.1, 0.15) is 19.4 Å². The van der Waals surface area contributed by atoms with E-state index in [2.05, 4.69) is 10.9 Å². The Morgan fingerprint density at radius 2 is 2.18 bits per heavy atom. The number of hydrogen-bond acceptors (Lipinski definition) is 2. The molecule has 0 amide bonds. The summed E-state index contributed by atoms with van der Waals surface area (Å²) in [5.74, 6) is 2.91. The number of terminal acetylenes is 1. The van der Waals surface area contributed by atoms with Gasteiger partial charge in [0.1, 0.15) is 5.82 Å². The molecule has 2 N–H and O–H groups in total. The van der Waals surface area contributed by atoms with Gasteiger partial charge in [0.25, 0.3) is 0 Å². The predicted octanol–water partition coefficient (Wildman–Crippen LogP) is 1.67. The van der Waals surface area contributed by atoms with Crippen molar-refractivity contribution >= 4 is 5.82 Å². The fourth-order valence-electron chi connectivity index (χ4n) is 0.538. The van der Waals surface area contributed by atoms with Crippen molar-refractivity contribution in [2.24, 2.45) is 0 Å². The maximum Gasteiger partial charge on any atom is 0.124 e. The number of nitrogens with two attached hydrogens (primary N) is 1. The lowest BCUT2D eigenvalue weighted by Gasteiger charge is -1.89. The fourth-order valence-corrected chi connectivity index (χ4v) is 0.538. The molecule has 0 radical (unpaired) electrons. The van der Waals surface area contributed by atoms with Gasteiger partial charge in [0.2, 0.25) is 0 Å². The molecule has 58 valence electrons. The van der Waals surface area contributed by atoms with Gasteiger partial charge in [-0.25, -0.2) is 4.98 Å². The van der Waals surface area contributed by atoms with Gasteiger partial charge in [0, 0.05) is 11.8 Å². The van der Waals surface area contributed by atoms with Crippen molar-refractivity contribution in [3.8, 4) is 12.3 Å². The van der Waals surface area contributed by atoms with E-state index in [1.807, 2.05) is 13.8 Å². The van der Waals surface area contributed by atoms with Gasteiger partial charge < -0.3 is 5.73 Å². The van der Waals surface area contributed by atoms with E-state index in [0.29, 0.717) is 5.82 Å². The fraction of sp³-hybridized carbons (Fsp3) is 0.222. The summed E-state index contributed by atoms with van der Waals surface area (Å²) in [5, 5.41) is 0. The first-order chi connectivity index (χ1) is 5.33. The van der Waals surface area contributed by atoms with Crippen LogP contribution in [0.25, 0.3) is 0 Å². The Bertz CT molecular complexity index is 248.